The van der Waals surface area contributed by atoms with Gasteiger partial charge in [-0.1, -0.05) is 12.1 Å². The Bertz CT molecular complexity index is 688. The zero-order valence-electron chi connectivity index (χ0n) is 13.1. The number of hydrogen-bond donors (Lipinski definition) is 2. The predicted molar refractivity (Wildman–Crippen MR) is 85.2 cm³/mol. The number of carbonyl (C=O) groups is 2. The van der Waals surface area contributed by atoms with Crippen LogP contribution in [0.4, 0.5) is 5.13 Å². The van der Waals surface area contributed by atoms with E-state index in [1.54, 1.807) is 17.5 Å². The van der Waals surface area contributed by atoms with Crippen LogP contribution in [-0.4, -0.2) is 35.6 Å². The number of rotatable bonds is 7. The Morgan fingerprint density at radius 2 is 2.14 bits per heavy atom. The molecule has 0 saturated heterocycles. The summed E-state index contributed by atoms with van der Waals surface area (Å²) in [5, 5.41) is 13.5. The van der Waals surface area contributed by atoms with E-state index in [2.05, 4.69) is 10.3 Å². The summed E-state index contributed by atoms with van der Waals surface area (Å²) in [6.07, 6.45) is 0.158. The van der Waals surface area contributed by atoms with Crippen molar-refractivity contribution < 1.29 is 16.1 Å². The Kier molecular flexibility index (Phi) is 4.99. The van der Waals surface area contributed by atoms with Crippen molar-refractivity contribution in [2.24, 2.45) is 0 Å². The standard InChI is InChI=1S/C15H17N3O3S/c1-18(15-17-8-9-22-15)10-11-2-4-12(5-3-11)14(21)16-7-6-13(19)20/h2-5,8-9H,6-7,10H2,1H3,(H,16,21)(H,19,20)/i8D. The number of carboxylic acids is 1. The molecule has 1 amide bonds. The fraction of sp³-hybridized carbons (Fsp3) is 0.267. The number of nitrogens with zero attached hydrogens (tertiary/aromatic N) is 2. The maximum atomic E-state index is 11.8. The molecular formula is C15H17N3O3S. The number of aliphatic carboxylic acids is 1. The Morgan fingerprint density at radius 1 is 1.41 bits per heavy atom. The summed E-state index contributed by atoms with van der Waals surface area (Å²) in [4.78, 5) is 28.3. The first-order valence-corrected chi connectivity index (χ1v) is 7.56. The van der Waals surface area contributed by atoms with Crippen LogP contribution in [0.15, 0.2) is 35.8 Å². The number of anilines is 1. The van der Waals surface area contributed by atoms with Crippen LogP contribution in [-0.2, 0) is 11.3 Å². The monoisotopic (exact) mass is 320 g/mol. The minimum Gasteiger partial charge on any atom is -0.481 e. The lowest BCUT2D eigenvalue weighted by Crippen LogP contribution is -2.26. The summed E-state index contributed by atoms with van der Waals surface area (Å²) in [6, 6.07) is 7.10. The van der Waals surface area contributed by atoms with Crippen molar-refractivity contribution in [2.45, 2.75) is 13.0 Å². The van der Waals surface area contributed by atoms with Crippen molar-refractivity contribution in [3.8, 4) is 0 Å². The molecule has 0 radical (unpaired) electrons. The lowest BCUT2D eigenvalue weighted by atomic mass is 10.1. The van der Waals surface area contributed by atoms with E-state index in [0.717, 1.165) is 10.7 Å². The van der Waals surface area contributed by atoms with E-state index in [9.17, 15) is 9.59 Å². The molecule has 1 aromatic heterocycles. The maximum Gasteiger partial charge on any atom is 0.305 e. The minimum absolute atomic E-state index is 0.0968. The number of carbonyl (C=O) groups excluding carboxylic acids is 1. The van der Waals surface area contributed by atoms with E-state index in [1.807, 2.05) is 24.1 Å². The van der Waals surface area contributed by atoms with Gasteiger partial charge >= 0.3 is 5.97 Å². The van der Waals surface area contributed by atoms with E-state index < -0.39 is 5.97 Å². The summed E-state index contributed by atoms with van der Waals surface area (Å²) in [7, 11) is 1.89. The molecule has 1 aromatic carbocycles. The predicted octanol–water partition coefficient (Wildman–Crippen LogP) is 1.98. The van der Waals surface area contributed by atoms with Crippen molar-refractivity contribution in [2.75, 3.05) is 18.5 Å². The molecular weight excluding hydrogens is 302 g/mol. The Hall–Kier alpha value is -2.41. The highest BCUT2D eigenvalue weighted by atomic mass is 32.1. The number of carboxylic acid groups (broad SMARTS) is 1. The summed E-state index contributed by atoms with van der Waals surface area (Å²) in [5.74, 6) is -1.23. The van der Waals surface area contributed by atoms with Crippen LogP contribution in [0, 0.1) is 0 Å². The van der Waals surface area contributed by atoms with Gasteiger partial charge in [0.25, 0.3) is 5.91 Å². The van der Waals surface area contributed by atoms with Gasteiger partial charge < -0.3 is 15.3 Å². The molecule has 0 fully saturated rings. The first kappa shape index (κ1) is 14.5. The smallest absolute Gasteiger partial charge is 0.305 e. The van der Waals surface area contributed by atoms with Gasteiger partial charge in [0.05, 0.1) is 7.79 Å². The summed E-state index contributed by atoms with van der Waals surface area (Å²) >= 11 is 1.41. The van der Waals surface area contributed by atoms with Gasteiger partial charge in [0, 0.05) is 37.3 Å². The second kappa shape index (κ2) is 7.56. The first-order valence-electron chi connectivity index (χ1n) is 7.18. The molecule has 2 rings (SSSR count). The third-order valence-electron chi connectivity index (χ3n) is 2.96. The summed E-state index contributed by atoms with van der Waals surface area (Å²) < 4.78 is 7.44. The molecule has 0 aliphatic rings. The highest BCUT2D eigenvalue weighted by Gasteiger charge is 2.08. The van der Waals surface area contributed by atoms with Crippen LogP contribution < -0.4 is 10.2 Å². The largest absolute Gasteiger partial charge is 0.481 e. The highest BCUT2D eigenvalue weighted by Crippen LogP contribution is 2.18. The van der Waals surface area contributed by atoms with Crippen LogP contribution in [0.1, 0.15) is 23.7 Å². The van der Waals surface area contributed by atoms with Crippen molar-refractivity contribution in [1.82, 2.24) is 10.3 Å². The number of aromatic nitrogens is 1. The molecule has 2 N–H and O–H groups in total. The minimum atomic E-state index is -0.943. The molecule has 6 nitrogen and oxygen atoms in total. The molecule has 0 spiro atoms. The van der Waals surface area contributed by atoms with Crippen LogP contribution in [0.5, 0.6) is 0 Å². The lowest BCUT2D eigenvalue weighted by Gasteiger charge is -2.15. The first-order chi connectivity index (χ1) is 11.0. The zero-order chi connectivity index (χ0) is 16.8. The third-order valence-corrected chi connectivity index (χ3v) is 3.80. The molecule has 7 heteroatoms. The van der Waals surface area contributed by atoms with E-state index in [-0.39, 0.29) is 25.0 Å². The molecule has 116 valence electrons. The molecule has 0 unspecified atom stereocenters. The van der Waals surface area contributed by atoms with Gasteiger partial charge in [-0.15, -0.1) is 11.3 Å². The van der Waals surface area contributed by atoms with Crippen LogP contribution in [0.25, 0.3) is 0 Å². The Balaban J connectivity index is 1.91. The van der Waals surface area contributed by atoms with Crippen LogP contribution in [0.2, 0.25) is 0 Å². The van der Waals surface area contributed by atoms with E-state index >= 15 is 0 Å². The average molecular weight is 320 g/mol. The summed E-state index contributed by atoms with van der Waals surface area (Å²) in [5.41, 5.74) is 1.50. The average Bonchev–Trinajstić information content (AvgIpc) is 2.94. The van der Waals surface area contributed by atoms with Crippen molar-refractivity contribution in [3.63, 3.8) is 0 Å². The van der Waals surface area contributed by atoms with E-state index in [1.165, 1.54) is 11.3 Å². The fourth-order valence-electron chi connectivity index (χ4n) is 1.85. The Labute approximate surface area is 133 Å². The zero-order valence-corrected chi connectivity index (χ0v) is 12.9. The molecule has 1 heterocycles. The molecule has 0 aliphatic carbocycles. The van der Waals surface area contributed by atoms with Crippen molar-refractivity contribution >= 4 is 28.3 Å². The number of thiazole rings is 1. The lowest BCUT2D eigenvalue weighted by molar-refractivity contribution is -0.136. The van der Waals surface area contributed by atoms with Gasteiger partial charge in [0.1, 0.15) is 0 Å². The van der Waals surface area contributed by atoms with Crippen LogP contribution >= 0.6 is 11.3 Å². The van der Waals surface area contributed by atoms with Gasteiger partial charge in [0.2, 0.25) is 0 Å². The van der Waals surface area contributed by atoms with Crippen LogP contribution in [0.3, 0.4) is 0 Å². The van der Waals surface area contributed by atoms with Gasteiger partial charge in [0.15, 0.2) is 5.13 Å². The SMILES string of the molecule is [2H]c1csc(N(C)Cc2ccc(C(=O)NCCC(=O)O)cc2)n1. The molecule has 0 saturated carbocycles. The molecule has 0 bridgehead atoms. The van der Waals surface area contributed by atoms with E-state index in [0.29, 0.717) is 12.1 Å². The third kappa shape index (κ3) is 4.56. The van der Waals surface area contributed by atoms with Gasteiger partial charge in [-0.3, -0.25) is 9.59 Å². The maximum absolute atomic E-state index is 11.8. The molecule has 22 heavy (non-hydrogen) atoms. The molecule has 0 atom stereocenters. The molecule has 2 aromatic rings. The van der Waals surface area contributed by atoms with Gasteiger partial charge in [-0.05, 0) is 17.7 Å². The molecule has 0 aliphatic heterocycles. The summed E-state index contributed by atoms with van der Waals surface area (Å²) in [6.45, 7) is 0.728. The van der Waals surface area contributed by atoms with Crippen molar-refractivity contribution in [1.29, 1.82) is 0 Å². The second-order valence-corrected chi connectivity index (χ2v) is 5.55. The van der Waals surface area contributed by atoms with Gasteiger partial charge in [-0.2, -0.15) is 0 Å². The van der Waals surface area contributed by atoms with Crippen molar-refractivity contribution in [3.05, 3.63) is 46.9 Å². The quantitative estimate of drug-likeness (QED) is 0.815. The number of amides is 1. The highest BCUT2D eigenvalue weighted by molar-refractivity contribution is 7.13. The van der Waals surface area contributed by atoms with E-state index in [4.69, 9.17) is 6.48 Å². The van der Waals surface area contributed by atoms with Gasteiger partial charge in [-0.25, -0.2) is 4.98 Å². The second-order valence-electron chi connectivity index (χ2n) is 4.71. The Morgan fingerprint density at radius 3 is 2.73 bits per heavy atom. The number of hydrogen-bond acceptors (Lipinski definition) is 5. The normalized spacial score (nSPS) is 10.9. The number of nitrogens with one attached hydrogen (secondary N) is 1. The topological polar surface area (TPSA) is 82.5 Å². The fourth-order valence-corrected chi connectivity index (χ4v) is 2.41. The number of benzene rings is 1.